The maximum Gasteiger partial charge on any atom is 0.261 e. The predicted octanol–water partition coefficient (Wildman–Crippen LogP) is 5.50. The molecule has 0 spiro atoms. The van der Waals surface area contributed by atoms with Gasteiger partial charge in [-0.25, -0.2) is 9.37 Å². The van der Waals surface area contributed by atoms with Crippen LogP contribution < -0.4 is 16.5 Å². The molecule has 1 aliphatic heterocycles. The monoisotopic (exact) mass is 666 g/mol. The van der Waals surface area contributed by atoms with Gasteiger partial charge in [0.2, 0.25) is 5.43 Å². The van der Waals surface area contributed by atoms with Crippen LogP contribution in [0.1, 0.15) is 24.2 Å². The van der Waals surface area contributed by atoms with Gasteiger partial charge in [-0.05, 0) is 48.4 Å². The first-order chi connectivity index (χ1) is 23.8. The van der Waals surface area contributed by atoms with Crippen LogP contribution in [0, 0.1) is 11.7 Å². The minimum absolute atomic E-state index is 0.0369. The highest BCUT2D eigenvalue weighted by Crippen LogP contribution is 2.30. The van der Waals surface area contributed by atoms with Crippen LogP contribution in [0.3, 0.4) is 0 Å². The van der Waals surface area contributed by atoms with E-state index >= 15 is 0 Å². The molecule has 254 valence electrons. The Kier molecular flexibility index (Phi) is 10.6. The van der Waals surface area contributed by atoms with Gasteiger partial charge in [-0.2, -0.15) is 5.10 Å². The number of nitrogen functional groups attached to an aromatic ring is 1. The molecule has 3 N–H and O–H groups in total. The minimum atomic E-state index is -0.566. The lowest BCUT2D eigenvalue weighted by atomic mass is 10.0. The van der Waals surface area contributed by atoms with Gasteiger partial charge in [0.1, 0.15) is 17.2 Å². The van der Waals surface area contributed by atoms with Crippen LogP contribution in [-0.4, -0.2) is 64.4 Å². The number of nitrogens with two attached hydrogens (primary N) is 1. The van der Waals surface area contributed by atoms with Crippen molar-refractivity contribution in [2.24, 2.45) is 5.92 Å². The molecule has 1 amide bonds. The molecule has 2 atom stereocenters. The quantitative estimate of drug-likeness (QED) is 0.167. The number of carbonyl (C=O) groups excluding carboxylic acids is 1. The van der Waals surface area contributed by atoms with Crippen LogP contribution in [0.2, 0.25) is 0 Å². The van der Waals surface area contributed by atoms with Crippen molar-refractivity contribution in [1.29, 1.82) is 0 Å². The van der Waals surface area contributed by atoms with Crippen LogP contribution in [0.25, 0.3) is 33.4 Å². The lowest BCUT2D eigenvalue weighted by Crippen LogP contribution is -2.35. The van der Waals surface area contributed by atoms with E-state index in [1.54, 1.807) is 35.3 Å². The summed E-state index contributed by atoms with van der Waals surface area (Å²) in [5.41, 5.74) is 10.4. The van der Waals surface area contributed by atoms with Crippen molar-refractivity contribution in [1.82, 2.24) is 19.3 Å². The van der Waals surface area contributed by atoms with E-state index in [4.69, 9.17) is 19.9 Å². The number of nitrogens with one attached hydrogen (secondary N) is 1. The Balaban J connectivity index is 1.19. The van der Waals surface area contributed by atoms with E-state index in [1.807, 2.05) is 36.0 Å². The number of benzene rings is 2. The molecule has 12 heteroatoms. The van der Waals surface area contributed by atoms with Crippen molar-refractivity contribution in [3.63, 3.8) is 0 Å². The van der Waals surface area contributed by atoms with Crippen molar-refractivity contribution in [2.75, 3.05) is 44.1 Å². The molecule has 0 saturated carbocycles. The number of ether oxygens (including phenoxy) is 3. The smallest absolute Gasteiger partial charge is 0.261 e. The molecule has 0 aliphatic carbocycles. The third-order valence-electron chi connectivity index (χ3n) is 8.47. The molecule has 49 heavy (non-hydrogen) atoms. The van der Waals surface area contributed by atoms with Gasteiger partial charge < -0.3 is 29.8 Å². The molecule has 3 aromatic heterocycles. The maximum atomic E-state index is 13.6. The molecule has 5 aromatic rings. The molecule has 2 aromatic carbocycles. The van der Waals surface area contributed by atoms with Crippen molar-refractivity contribution < 1.29 is 23.4 Å². The summed E-state index contributed by atoms with van der Waals surface area (Å²) in [5, 5.41) is 7.38. The van der Waals surface area contributed by atoms with Gasteiger partial charge in [0.25, 0.3) is 5.91 Å². The molecule has 1 aliphatic rings. The number of aromatic nitrogens is 4. The average molecular weight is 667 g/mol. The van der Waals surface area contributed by atoms with Crippen LogP contribution in [0.5, 0.6) is 0 Å². The van der Waals surface area contributed by atoms with Crippen molar-refractivity contribution in [3.05, 3.63) is 107 Å². The molecular weight excluding hydrogens is 627 g/mol. The number of halogens is 1. The molecule has 0 unspecified atom stereocenters. The summed E-state index contributed by atoms with van der Waals surface area (Å²) in [6, 6.07) is 14.7. The number of pyridine rings is 2. The highest BCUT2D eigenvalue weighted by Gasteiger charge is 2.22. The SMILES string of the molecule is CCOCCn1cc(C(=O)Nc2ccc(-c3cc(-c4cnn(C[C@@H](C)[C@H]5COCCO5)c4)cnc3N)cc2)c(=O)c(-c2ccc(F)cc2)c1. The van der Waals surface area contributed by atoms with Crippen LogP contribution in [0.15, 0.2) is 90.4 Å². The third kappa shape index (κ3) is 8.11. The molecule has 11 nitrogen and oxygen atoms in total. The highest BCUT2D eigenvalue weighted by molar-refractivity contribution is 6.04. The zero-order chi connectivity index (χ0) is 34.3. The molecule has 6 rings (SSSR count). The van der Waals surface area contributed by atoms with Crippen molar-refractivity contribution in [3.8, 4) is 33.4 Å². The van der Waals surface area contributed by atoms with Crippen LogP contribution >= 0.6 is 0 Å². The Morgan fingerprint density at radius 1 is 1.02 bits per heavy atom. The van der Waals surface area contributed by atoms with E-state index in [0.29, 0.717) is 63.2 Å². The van der Waals surface area contributed by atoms with Gasteiger partial charge in [0, 0.05) is 78.3 Å². The summed E-state index contributed by atoms with van der Waals surface area (Å²) in [6.45, 7) is 7.90. The van der Waals surface area contributed by atoms with Crippen molar-refractivity contribution in [2.45, 2.75) is 33.0 Å². The zero-order valence-electron chi connectivity index (χ0n) is 27.5. The summed E-state index contributed by atoms with van der Waals surface area (Å²) in [4.78, 5) is 31.4. The summed E-state index contributed by atoms with van der Waals surface area (Å²) < 4.78 is 34.1. The van der Waals surface area contributed by atoms with Crippen LogP contribution in [-0.2, 0) is 27.3 Å². The first-order valence-corrected chi connectivity index (χ1v) is 16.3. The predicted molar refractivity (Wildman–Crippen MR) is 186 cm³/mol. The second-order valence-corrected chi connectivity index (χ2v) is 12.0. The average Bonchev–Trinajstić information content (AvgIpc) is 3.58. The van der Waals surface area contributed by atoms with E-state index in [0.717, 1.165) is 22.3 Å². The van der Waals surface area contributed by atoms with Gasteiger partial charge in [-0.15, -0.1) is 0 Å². The number of hydrogen-bond acceptors (Lipinski definition) is 8. The first-order valence-electron chi connectivity index (χ1n) is 16.3. The molecule has 1 fully saturated rings. The van der Waals surface area contributed by atoms with E-state index in [-0.39, 0.29) is 23.1 Å². The molecule has 1 saturated heterocycles. The second kappa shape index (κ2) is 15.4. The molecular formula is C37H39FN6O5. The summed E-state index contributed by atoms with van der Waals surface area (Å²) in [7, 11) is 0. The van der Waals surface area contributed by atoms with Gasteiger partial charge in [-0.3, -0.25) is 14.3 Å². The Hall–Kier alpha value is -5.17. The fourth-order valence-corrected chi connectivity index (χ4v) is 5.73. The largest absolute Gasteiger partial charge is 0.383 e. The number of nitrogens with zero attached hydrogens (tertiary/aromatic N) is 4. The fraction of sp³-hybridized carbons (Fsp3) is 0.297. The van der Waals surface area contributed by atoms with Crippen LogP contribution in [0.4, 0.5) is 15.9 Å². The maximum absolute atomic E-state index is 13.6. The Bertz CT molecular complexity index is 1950. The number of amides is 1. The van der Waals surface area contributed by atoms with E-state index in [2.05, 4.69) is 22.3 Å². The van der Waals surface area contributed by atoms with E-state index in [1.165, 1.54) is 30.5 Å². The Morgan fingerprint density at radius 2 is 1.78 bits per heavy atom. The Labute approximate surface area is 283 Å². The number of hydrogen-bond donors (Lipinski definition) is 2. The van der Waals surface area contributed by atoms with Gasteiger partial charge >= 0.3 is 0 Å². The summed E-state index contributed by atoms with van der Waals surface area (Å²) in [5.74, 6) is -0.391. The van der Waals surface area contributed by atoms with E-state index in [9.17, 15) is 14.0 Å². The molecule has 0 radical (unpaired) electrons. The number of anilines is 2. The lowest BCUT2D eigenvalue weighted by Gasteiger charge is -2.28. The Morgan fingerprint density at radius 3 is 2.51 bits per heavy atom. The summed E-state index contributed by atoms with van der Waals surface area (Å²) >= 11 is 0. The zero-order valence-corrected chi connectivity index (χ0v) is 27.5. The standard InChI is InChI=1S/C37H39FN6O5/c1-3-47-13-12-43-21-32(26-4-8-29(38)9-5-26)35(45)33(22-43)37(46)42-30-10-6-25(7-11-30)31-16-27(17-40-36(31)39)28-18-41-44(20-28)19-24(2)34-23-48-14-15-49-34/h4-11,16-18,20-22,24,34H,3,12-15,19,23H2,1-2H3,(H2,39,40)(H,42,46)/t24-,34-/m1/s1. The van der Waals surface area contributed by atoms with Gasteiger partial charge in [0.05, 0.1) is 38.7 Å². The summed E-state index contributed by atoms with van der Waals surface area (Å²) in [6.07, 6.45) is 8.70. The van der Waals surface area contributed by atoms with E-state index < -0.39 is 17.2 Å². The first kappa shape index (κ1) is 33.7. The normalized spacial score (nSPS) is 15.2. The third-order valence-corrected chi connectivity index (χ3v) is 8.47. The lowest BCUT2D eigenvalue weighted by molar-refractivity contribution is -0.110. The molecule has 0 bridgehead atoms. The van der Waals surface area contributed by atoms with Crippen molar-refractivity contribution >= 4 is 17.4 Å². The minimum Gasteiger partial charge on any atom is -0.383 e. The molecule has 4 heterocycles. The fourth-order valence-electron chi connectivity index (χ4n) is 5.73. The number of rotatable bonds is 12. The highest BCUT2D eigenvalue weighted by atomic mass is 19.1. The van der Waals surface area contributed by atoms with Gasteiger partial charge in [-0.1, -0.05) is 31.2 Å². The van der Waals surface area contributed by atoms with Gasteiger partial charge in [0.15, 0.2) is 0 Å². The number of carbonyl (C=O) groups is 1. The second-order valence-electron chi connectivity index (χ2n) is 12.0. The topological polar surface area (TPSA) is 136 Å².